The average molecular weight is 307 g/mol. The molecule has 0 heterocycles. The number of alkyl halides is 3. The van der Waals surface area contributed by atoms with Crippen molar-refractivity contribution in [3.8, 4) is 0 Å². The molecular formula is C4H10F3O6S3+. The Morgan fingerprint density at radius 2 is 1.44 bits per heavy atom. The van der Waals surface area contributed by atoms with Gasteiger partial charge >= 0.3 is 26.0 Å². The monoisotopic (exact) mass is 307 g/mol. The van der Waals surface area contributed by atoms with Gasteiger partial charge in [0.15, 0.2) is 0 Å². The zero-order chi connectivity index (χ0) is 12.5. The van der Waals surface area contributed by atoms with Crippen molar-refractivity contribution in [2.24, 2.45) is 0 Å². The van der Waals surface area contributed by atoms with Crippen LogP contribution in [0, 0.1) is 0 Å². The highest BCUT2D eigenvalue weighted by Gasteiger charge is 2.50. The van der Waals surface area contributed by atoms with Crippen LogP contribution in [0.2, 0.25) is 0 Å². The molecule has 0 aliphatic carbocycles. The molecular weight excluding hydrogens is 297 g/mol. The van der Waals surface area contributed by atoms with Crippen molar-refractivity contribution in [1.82, 2.24) is 0 Å². The average Bonchev–Trinajstić information content (AvgIpc) is 1.75. The van der Waals surface area contributed by atoms with Gasteiger partial charge in [0.25, 0.3) is 0 Å². The molecule has 0 N–H and O–H groups in total. The van der Waals surface area contributed by atoms with E-state index in [4.69, 9.17) is 0 Å². The van der Waals surface area contributed by atoms with Gasteiger partial charge < -0.3 is 0 Å². The second kappa shape index (κ2) is 5.53. The highest BCUT2D eigenvalue weighted by molar-refractivity contribution is 7.98. The van der Waals surface area contributed by atoms with Gasteiger partial charge in [-0.2, -0.15) is 30.0 Å². The van der Waals surface area contributed by atoms with Gasteiger partial charge in [0.05, 0.1) is 6.10 Å². The van der Waals surface area contributed by atoms with Crippen LogP contribution in [0.1, 0.15) is 13.8 Å². The second-order valence-electron chi connectivity index (χ2n) is 2.52. The molecule has 0 aliphatic rings. The van der Waals surface area contributed by atoms with Gasteiger partial charge in [0.2, 0.25) is 0 Å². The van der Waals surface area contributed by atoms with E-state index in [0.717, 1.165) is 0 Å². The Bertz CT molecular complexity index is 407. The van der Waals surface area contributed by atoms with Crippen LogP contribution in [-0.2, 0) is 41.8 Å². The zero-order valence-corrected chi connectivity index (χ0v) is 10.8. The topological polar surface area (TPSA) is 86.7 Å². The largest absolute Gasteiger partial charge is 0.524 e. The van der Waals surface area contributed by atoms with E-state index >= 15 is 0 Å². The van der Waals surface area contributed by atoms with Crippen molar-refractivity contribution >= 4 is 34.0 Å². The van der Waals surface area contributed by atoms with E-state index in [-0.39, 0.29) is 13.5 Å². The second-order valence-corrected chi connectivity index (χ2v) is 5.45. The minimum Gasteiger partial charge on any atom is -0.245 e. The van der Waals surface area contributed by atoms with Gasteiger partial charge in [-0.05, 0) is 13.8 Å². The lowest BCUT2D eigenvalue weighted by Crippen LogP contribution is -2.29. The predicted molar refractivity (Wildman–Crippen MR) is 52.8 cm³/mol. The SMILES string of the molecule is CC(C)OS(=O)(=O)OS(=O)(=O)C(F)(F)F.[SH3+]. The Balaban J connectivity index is 0. The Labute approximate surface area is 97.6 Å². The highest BCUT2D eigenvalue weighted by atomic mass is 32.3. The lowest BCUT2D eigenvalue weighted by Gasteiger charge is -2.09. The van der Waals surface area contributed by atoms with Crippen LogP contribution in [0.4, 0.5) is 13.2 Å². The molecule has 0 saturated heterocycles. The summed E-state index contributed by atoms with van der Waals surface area (Å²) >= 11 is 0. The van der Waals surface area contributed by atoms with Gasteiger partial charge in [0.1, 0.15) is 0 Å². The Morgan fingerprint density at radius 3 is 1.69 bits per heavy atom. The summed E-state index contributed by atoms with van der Waals surface area (Å²) in [6.07, 6.45) is -1.04. The Morgan fingerprint density at radius 1 is 1.06 bits per heavy atom. The first-order valence-corrected chi connectivity index (χ1v) is 6.07. The third-order valence-electron chi connectivity index (χ3n) is 0.767. The predicted octanol–water partition coefficient (Wildman–Crippen LogP) is -0.283. The molecule has 0 unspecified atom stereocenters. The molecule has 0 fully saturated rings. The smallest absolute Gasteiger partial charge is 0.245 e. The van der Waals surface area contributed by atoms with Gasteiger partial charge in [0, 0.05) is 0 Å². The third-order valence-corrected chi connectivity index (χ3v) is 3.34. The number of hydrogen-bond donors (Lipinski definition) is 0. The third kappa shape index (κ3) is 5.89. The molecule has 0 aromatic rings. The minimum absolute atomic E-state index is 0. The lowest BCUT2D eigenvalue weighted by atomic mass is 10.5. The summed E-state index contributed by atoms with van der Waals surface area (Å²) in [7, 11) is -11.4. The molecule has 0 spiro atoms. The van der Waals surface area contributed by atoms with E-state index in [1.165, 1.54) is 13.8 Å². The van der Waals surface area contributed by atoms with E-state index in [1.54, 1.807) is 0 Å². The van der Waals surface area contributed by atoms with Crippen molar-refractivity contribution in [2.75, 3.05) is 0 Å². The van der Waals surface area contributed by atoms with Crippen molar-refractivity contribution < 1.29 is 37.8 Å². The Hall–Kier alpha value is -0.0400. The van der Waals surface area contributed by atoms with E-state index in [1.807, 2.05) is 0 Å². The fraction of sp³-hybridized carbons (Fsp3) is 1.00. The van der Waals surface area contributed by atoms with Gasteiger partial charge in [-0.1, -0.05) is 13.5 Å². The first-order chi connectivity index (χ1) is 6.37. The van der Waals surface area contributed by atoms with Crippen molar-refractivity contribution in [3.05, 3.63) is 0 Å². The quantitative estimate of drug-likeness (QED) is 0.524. The van der Waals surface area contributed by atoms with Crippen LogP contribution in [0.3, 0.4) is 0 Å². The molecule has 0 bridgehead atoms. The van der Waals surface area contributed by atoms with Gasteiger partial charge in [-0.3, -0.25) is 0 Å². The standard InChI is InChI=1S/C4H7F3O6S2.H2S/c1-3(2)12-15(10,11)13-14(8,9)4(5,6)7;/h3H,1-2H3;1H2/p+1. The number of halogens is 3. The molecule has 12 heteroatoms. The fourth-order valence-electron chi connectivity index (χ4n) is 0.400. The van der Waals surface area contributed by atoms with Crippen LogP contribution in [0.15, 0.2) is 0 Å². The number of rotatable bonds is 4. The molecule has 0 radical (unpaired) electrons. The molecule has 16 heavy (non-hydrogen) atoms. The summed E-state index contributed by atoms with van der Waals surface area (Å²) in [4.78, 5) is 0. The minimum atomic E-state index is -6.21. The van der Waals surface area contributed by atoms with Crippen LogP contribution in [-0.4, -0.2) is 28.4 Å². The van der Waals surface area contributed by atoms with Crippen LogP contribution in [0.25, 0.3) is 0 Å². The lowest BCUT2D eigenvalue weighted by molar-refractivity contribution is -0.0504. The molecule has 0 saturated carbocycles. The van der Waals surface area contributed by atoms with E-state index < -0.39 is 32.1 Å². The first-order valence-electron chi connectivity index (χ1n) is 3.33. The van der Waals surface area contributed by atoms with Crippen molar-refractivity contribution in [3.63, 3.8) is 0 Å². The van der Waals surface area contributed by atoms with Gasteiger partial charge in [-0.25, -0.2) is 4.18 Å². The summed E-state index contributed by atoms with van der Waals surface area (Å²) in [5.74, 6) is 0. The summed E-state index contributed by atoms with van der Waals surface area (Å²) in [5.41, 5.74) is -5.82. The molecule has 6 nitrogen and oxygen atoms in total. The van der Waals surface area contributed by atoms with Crippen LogP contribution < -0.4 is 0 Å². The van der Waals surface area contributed by atoms with E-state index in [9.17, 15) is 30.0 Å². The molecule has 100 valence electrons. The van der Waals surface area contributed by atoms with Crippen LogP contribution >= 0.6 is 0 Å². The highest BCUT2D eigenvalue weighted by Crippen LogP contribution is 2.26. The summed E-state index contributed by atoms with van der Waals surface area (Å²) < 4.78 is 83.4. The molecule has 0 aromatic heterocycles. The maximum atomic E-state index is 11.7. The molecule has 0 atom stereocenters. The van der Waals surface area contributed by atoms with E-state index in [2.05, 4.69) is 7.81 Å². The number of hydrogen-bond acceptors (Lipinski definition) is 6. The van der Waals surface area contributed by atoms with Gasteiger partial charge in [-0.15, -0.1) is 3.63 Å². The molecule has 0 rings (SSSR count). The summed E-state index contributed by atoms with van der Waals surface area (Å²) in [6, 6.07) is 0. The Kier molecular flexibility index (Phi) is 6.34. The normalized spacial score (nSPS) is 13.6. The zero-order valence-electron chi connectivity index (χ0n) is 8.05. The molecule has 0 amide bonds. The maximum Gasteiger partial charge on any atom is 0.524 e. The first kappa shape index (κ1) is 18.3. The van der Waals surface area contributed by atoms with Crippen molar-refractivity contribution in [1.29, 1.82) is 0 Å². The summed E-state index contributed by atoms with van der Waals surface area (Å²) in [5, 5.41) is 0. The van der Waals surface area contributed by atoms with E-state index in [0.29, 0.717) is 0 Å². The van der Waals surface area contributed by atoms with Crippen molar-refractivity contribution in [2.45, 2.75) is 25.5 Å². The fourth-order valence-corrected chi connectivity index (χ4v) is 2.19. The van der Waals surface area contributed by atoms with Crippen LogP contribution in [0.5, 0.6) is 0 Å². The molecule has 0 aromatic carbocycles. The summed E-state index contributed by atoms with van der Waals surface area (Å²) in [6.45, 7) is 2.34. The maximum absolute atomic E-state index is 11.7. The molecule has 0 aliphatic heterocycles.